The molecule has 0 atom stereocenters. The Morgan fingerprint density at radius 2 is 1.59 bits per heavy atom. The van der Waals surface area contributed by atoms with E-state index < -0.39 is 11.7 Å². The molecule has 0 saturated carbocycles. The first-order valence-electron chi connectivity index (χ1n) is 7.14. The van der Waals surface area contributed by atoms with Gasteiger partial charge in [-0.05, 0) is 38.0 Å². The Kier molecular flexibility index (Phi) is 3.24. The Hall–Kier alpha value is -2.62. The number of carbonyl (C=O) groups is 2. The fourth-order valence-corrected chi connectivity index (χ4v) is 2.59. The maximum atomic E-state index is 12.6. The minimum absolute atomic E-state index is 0.0720. The van der Waals surface area contributed by atoms with Crippen molar-refractivity contribution in [3.63, 3.8) is 0 Å². The lowest BCUT2D eigenvalue weighted by Crippen LogP contribution is -2.27. The van der Waals surface area contributed by atoms with Crippen molar-refractivity contribution in [2.75, 3.05) is 5.32 Å². The molecule has 0 unspecified atom stereocenters. The van der Waals surface area contributed by atoms with E-state index in [1.807, 2.05) is 30.3 Å². The smallest absolute Gasteiger partial charge is 0.412 e. The third kappa shape index (κ3) is 2.48. The maximum Gasteiger partial charge on any atom is 0.412 e. The number of benzene rings is 2. The van der Waals surface area contributed by atoms with E-state index in [0.29, 0.717) is 16.8 Å². The first kappa shape index (κ1) is 14.3. The second kappa shape index (κ2) is 4.98. The zero-order valence-electron chi connectivity index (χ0n) is 12.8. The fraction of sp³-hybridized carbons (Fsp3) is 0.222. The molecule has 0 heterocycles. The lowest BCUT2D eigenvalue weighted by Gasteiger charge is -2.20. The van der Waals surface area contributed by atoms with Crippen LogP contribution in [0, 0.1) is 0 Å². The van der Waals surface area contributed by atoms with Crippen LogP contribution in [0.5, 0.6) is 0 Å². The van der Waals surface area contributed by atoms with Crippen LogP contribution in [-0.2, 0) is 4.74 Å². The lowest BCUT2D eigenvalue weighted by molar-refractivity contribution is 0.0636. The zero-order chi connectivity index (χ0) is 15.9. The number of ketones is 1. The molecular formula is C18H17NO3. The summed E-state index contributed by atoms with van der Waals surface area (Å²) in [6.45, 7) is 5.38. The summed E-state index contributed by atoms with van der Waals surface area (Å²) in [6, 6.07) is 12.9. The van der Waals surface area contributed by atoms with Gasteiger partial charge in [-0.25, -0.2) is 4.79 Å². The van der Waals surface area contributed by atoms with E-state index in [9.17, 15) is 9.59 Å². The molecule has 0 aromatic heterocycles. The van der Waals surface area contributed by atoms with Gasteiger partial charge in [0.25, 0.3) is 0 Å². The van der Waals surface area contributed by atoms with Gasteiger partial charge in [-0.2, -0.15) is 0 Å². The Bertz CT molecular complexity index is 772. The highest BCUT2D eigenvalue weighted by Gasteiger charge is 2.29. The van der Waals surface area contributed by atoms with Gasteiger partial charge in [0.05, 0.1) is 11.3 Å². The predicted molar refractivity (Wildman–Crippen MR) is 85.2 cm³/mol. The summed E-state index contributed by atoms with van der Waals surface area (Å²) in [4.78, 5) is 24.5. The SMILES string of the molecule is CC(C)(C)OC(=O)Nc1cccc2c1C(=O)c1ccccc1-2. The minimum Gasteiger partial charge on any atom is -0.444 e. The predicted octanol–water partition coefficient (Wildman–Crippen LogP) is 4.25. The van der Waals surface area contributed by atoms with Gasteiger partial charge in [0.1, 0.15) is 5.60 Å². The number of rotatable bonds is 1. The molecule has 22 heavy (non-hydrogen) atoms. The molecule has 3 rings (SSSR count). The van der Waals surface area contributed by atoms with Crippen LogP contribution >= 0.6 is 0 Å². The molecule has 2 aromatic rings. The molecule has 1 amide bonds. The Balaban J connectivity index is 1.98. The molecule has 1 aliphatic carbocycles. The Labute approximate surface area is 129 Å². The van der Waals surface area contributed by atoms with Gasteiger partial charge in [0, 0.05) is 5.56 Å². The molecule has 1 aliphatic rings. The second-order valence-corrected chi connectivity index (χ2v) is 6.23. The highest BCUT2D eigenvalue weighted by Crippen LogP contribution is 2.40. The van der Waals surface area contributed by atoms with Crippen molar-refractivity contribution in [1.82, 2.24) is 0 Å². The molecular weight excluding hydrogens is 278 g/mol. The molecule has 4 heteroatoms. The van der Waals surface area contributed by atoms with Gasteiger partial charge < -0.3 is 4.74 Å². The number of ether oxygens (including phenoxy) is 1. The van der Waals surface area contributed by atoms with Crippen molar-refractivity contribution >= 4 is 17.6 Å². The molecule has 0 bridgehead atoms. The van der Waals surface area contributed by atoms with E-state index in [-0.39, 0.29) is 5.78 Å². The summed E-state index contributed by atoms with van der Waals surface area (Å²) >= 11 is 0. The van der Waals surface area contributed by atoms with Crippen LogP contribution in [0.25, 0.3) is 11.1 Å². The molecule has 4 nitrogen and oxygen atoms in total. The number of carbonyl (C=O) groups excluding carboxylic acids is 2. The summed E-state index contributed by atoms with van der Waals surface area (Å²) in [6.07, 6.45) is -0.565. The second-order valence-electron chi connectivity index (χ2n) is 6.23. The van der Waals surface area contributed by atoms with Crippen molar-refractivity contribution in [2.45, 2.75) is 26.4 Å². The first-order valence-corrected chi connectivity index (χ1v) is 7.14. The quantitative estimate of drug-likeness (QED) is 0.730. The number of fused-ring (bicyclic) bond motifs is 3. The average molecular weight is 295 g/mol. The molecule has 0 spiro atoms. The summed E-state index contributed by atoms with van der Waals surface area (Å²) in [5.41, 5.74) is 2.82. The summed E-state index contributed by atoms with van der Waals surface area (Å²) < 4.78 is 5.25. The van der Waals surface area contributed by atoms with Crippen LogP contribution in [0.2, 0.25) is 0 Å². The van der Waals surface area contributed by atoms with E-state index in [1.54, 1.807) is 32.9 Å². The van der Waals surface area contributed by atoms with Gasteiger partial charge in [-0.3, -0.25) is 10.1 Å². The summed E-state index contributed by atoms with van der Waals surface area (Å²) in [5.74, 6) is -0.0720. The largest absolute Gasteiger partial charge is 0.444 e. The van der Waals surface area contributed by atoms with Crippen molar-refractivity contribution in [3.8, 4) is 11.1 Å². The topological polar surface area (TPSA) is 55.4 Å². The number of nitrogens with one attached hydrogen (secondary N) is 1. The van der Waals surface area contributed by atoms with Crippen molar-refractivity contribution in [3.05, 3.63) is 53.6 Å². The highest BCUT2D eigenvalue weighted by atomic mass is 16.6. The molecule has 0 saturated heterocycles. The van der Waals surface area contributed by atoms with Crippen LogP contribution in [-0.4, -0.2) is 17.5 Å². The average Bonchev–Trinajstić information content (AvgIpc) is 2.72. The van der Waals surface area contributed by atoms with E-state index in [1.165, 1.54) is 0 Å². The third-order valence-corrected chi connectivity index (χ3v) is 3.39. The lowest BCUT2D eigenvalue weighted by atomic mass is 10.0. The fourth-order valence-electron chi connectivity index (χ4n) is 2.59. The molecule has 0 aliphatic heterocycles. The normalized spacial score (nSPS) is 12.6. The number of hydrogen-bond acceptors (Lipinski definition) is 3. The number of amides is 1. The van der Waals surface area contributed by atoms with Crippen LogP contribution < -0.4 is 5.32 Å². The van der Waals surface area contributed by atoms with Gasteiger partial charge >= 0.3 is 6.09 Å². The molecule has 0 fully saturated rings. The van der Waals surface area contributed by atoms with E-state index >= 15 is 0 Å². The van der Waals surface area contributed by atoms with Gasteiger partial charge in [-0.15, -0.1) is 0 Å². The van der Waals surface area contributed by atoms with Gasteiger partial charge in [0.15, 0.2) is 5.78 Å². The van der Waals surface area contributed by atoms with Crippen molar-refractivity contribution < 1.29 is 14.3 Å². The van der Waals surface area contributed by atoms with Crippen molar-refractivity contribution in [2.24, 2.45) is 0 Å². The standard InChI is InChI=1S/C18H17NO3/c1-18(2,3)22-17(21)19-14-10-6-9-12-11-7-4-5-8-13(11)16(20)15(12)14/h4-10H,1-3H3,(H,19,21). The molecule has 1 N–H and O–H groups in total. The van der Waals surface area contributed by atoms with E-state index in [0.717, 1.165) is 11.1 Å². The highest BCUT2D eigenvalue weighted by molar-refractivity contribution is 6.25. The van der Waals surface area contributed by atoms with Crippen LogP contribution in [0.4, 0.5) is 10.5 Å². The van der Waals surface area contributed by atoms with E-state index in [4.69, 9.17) is 4.74 Å². The molecule has 0 radical (unpaired) electrons. The number of anilines is 1. The van der Waals surface area contributed by atoms with Gasteiger partial charge in [-0.1, -0.05) is 36.4 Å². The van der Waals surface area contributed by atoms with Crippen molar-refractivity contribution in [1.29, 1.82) is 0 Å². The maximum absolute atomic E-state index is 12.6. The van der Waals surface area contributed by atoms with Crippen LogP contribution in [0.3, 0.4) is 0 Å². The van der Waals surface area contributed by atoms with E-state index in [2.05, 4.69) is 5.32 Å². The summed E-state index contributed by atoms with van der Waals surface area (Å²) in [7, 11) is 0. The monoisotopic (exact) mass is 295 g/mol. The van der Waals surface area contributed by atoms with Crippen LogP contribution in [0.15, 0.2) is 42.5 Å². The zero-order valence-corrected chi connectivity index (χ0v) is 12.8. The minimum atomic E-state index is -0.588. The number of hydrogen-bond donors (Lipinski definition) is 1. The Morgan fingerprint density at radius 3 is 2.27 bits per heavy atom. The summed E-state index contributed by atoms with van der Waals surface area (Å²) in [5, 5.41) is 2.68. The molecule has 2 aromatic carbocycles. The van der Waals surface area contributed by atoms with Crippen LogP contribution in [0.1, 0.15) is 36.7 Å². The third-order valence-electron chi connectivity index (χ3n) is 3.39. The first-order chi connectivity index (χ1) is 10.4. The van der Waals surface area contributed by atoms with Gasteiger partial charge in [0.2, 0.25) is 0 Å². The molecule has 112 valence electrons. The Morgan fingerprint density at radius 1 is 0.955 bits per heavy atom.